The van der Waals surface area contributed by atoms with E-state index in [1.165, 1.54) is 5.56 Å². The number of rotatable bonds is 7. The maximum absolute atomic E-state index is 11.9. The number of nitrogens with one attached hydrogen (secondary N) is 1. The number of imide groups is 1. The van der Waals surface area contributed by atoms with Crippen LogP contribution in [-0.2, 0) is 16.0 Å². The SMILES string of the molecule is O=C(CCCCc1ccccc1)Oc1ccc(C=C2SC(=O)NC2=O)cc1. The van der Waals surface area contributed by atoms with E-state index in [-0.39, 0.29) is 11.2 Å². The molecule has 0 bridgehead atoms. The molecule has 0 aromatic heterocycles. The van der Waals surface area contributed by atoms with E-state index in [1.54, 1.807) is 30.3 Å². The molecule has 0 saturated carbocycles. The maximum Gasteiger partial charge on any atom is 0.311 e. The van der Waals surface area contributed by atoms with Crippen molar-refractivity contribution in [2.24, 2.45) is 0 Å². The van der Waals surface area contributed by atoms with Gasteiger partial charge in [0.1, 0.15) is 5.75 Å². The molecular weight excluding hydrogens is 362 g/mol. The van der Waals surface area contributed by atoms with Crippen molar-refractivity contribution >= 4 is 35.0 Å². The van der Waals surface area contributed by atoms with Crippen LogP contribution in [0.3, 0.4) is 0 Å². The van der Waals surface area contributed by atoms with Crippen molar-refractivity contribution in [1.82, 2.24) is 5.32 Å². The highest BCUT2D eigenvalue weighted by Gasteiger charge is 2.24. The van der Waals surface area contributed by atoms with E-state index in [2.05, 4.69) is 17.4 Å². The van der Waals surface area contributed by atoms with Crippen molar-refractivity contribution in [3.8, 4) is 5.75 Å². The fourth-order valence-electron chi connectivity index (χ4n) is 2.63. The van der Waals surface area contributed by atoms with Crippen molar-refractivity contribution < 1.29 is 19.1 Å². The highest BCUT2D eigenvalue weighted by Crippen LogP contribution is 2.26. The van der Waals surface area contributed by atoms with Gasteiger partial charge in [-0.25, -0.2) is 0 Å². The van der Waals surface area contributed by atoms with Crippen molar-refractivity contribution in [2.45, 2.75) is 25.7 Å². The zero-order valence-electron chi connectivity index (χ0n) is 14.6. The van der Waals surface area contributed by atoms with Crippen LogP contribution in [0, 0.1) is 0 Å². The van der Waals surface area contributed by atoms with Gasteiger partial charge in [-0.2, -0.15) is 0 Å². The number of carbonyl (C=O) groups is 3. The van der Waals surface area contributed by atoms with Crippen LogP contribution in [0.15, 0.2) is 59.5 Å². The average Bonchev–Trinajstić information content (AvgIpc) is 2.98. The van der Waals surface area contributed by atoms with E-state index in [0.717, 1.165) is 36.6 Å². The maximum atomic E-state index is 11.9. The summed E-state index contributed by atoms with van der Waals surface area (Å²) < 4.78 is 5.33. The molecule has 1 saturated heterocycles. The Morgan fingerprint density at radius 2 is 1.74 bits per heavy atom. The molecule has 1 aliphatic rings. The summed E-state index contributed by atoms with van der Waals surface area (Å²) in [5.74, 6) is -0.189. The lowest BCUT2D eigenvalue weighted by atomic mass is 10.1. The van der Waals surface area contributed by atoms with E-state index < -0.39 is 5.91 Å². The van der Waals surface area contributed by atoms with E-state index in [4.69, 9.17) is 4.74 Å². The molecule has 1 N–H and O–H groups in total. The summed E-state index contributed by atoms with van der Waals surface area (Å²) in [4.78, 5) is 35.0. The quantitative estimate of drug-likeness (QED) is 0.334. The summed E-state index contributed by atoms with van der Waals surface area (Å²) in [7, 11) is 0. The molecule has 1 heterocycles. The van der Waals surface area contributed by atoms with Gasteiger partial charge in [0, 0.05) is 6.42 Å². The fourth-order valence-corrected chi connectivity index (χ4v) is 3.31. The Labute approximate surface area is 161 Å². The predicted molar refractivity (Wildman–Crippen MR) is 105 cm³/mol. The molecular formula is C21H19NO4S. The molecule has 0 radical (unpaired) electrons. The van der Waals surface area contributed by atoms with Crippen LogP contribution in [0.4, 0.5) is 4.79 Å². The Balaban J connectivity index is 1.44. The van der Waals surface area contributed by atoms with Crippen LogP contribution in [-0.4, -0.2) is 17.1 Å². The van der Waals surface area contributed by atoms with Gasteiger partial charge in [0.05, 0.1) is 4.91 Å². The number of esters is 1. The van der Waals surface area contributed by atoms with Crippen LogP contribution >= 0.6 is 11.8 Å². The van der Waals surface area contributed by atoms with Crippen molar-refractivity contribution in [3.63, 3.8) is 0 Å². The first-order valence-electron chi connectivity index (χ1n) is 8.70. The van der Waals surface area contributed by atoms with Gasteiger partial charge in [-0.05, 0) is 60.4 Å². The van der Waals surface area contributed by atoms with Gasteiger partial charge in [-0.15, -0.1) is 0 Å². The number of amides is 2. The number of aryl methyl sites for hydroxylation is 1. The third kappa shape index (κ3) is 5.82. The van der Waals surface area contributed by atoms with Crippen LogP contribution in [0.25, 0.3) is 6.08 Å². The normalized spacial score (nSPS) is 15.0. The fraction of sp³-hybridized carbons (Fsp3) is 0.190. The first-order chi connectivity index (χ1) is 13.1. The first kappa shape index (κ1) is 18.9. The Morgan fingerprint density at radius 1 is 1.00 bits per heavy atom. The van der Waals surface area contributed by atoms with Gasteiger partial charge in [0.25, 0.3) is 11.1 Å². The second-order valence-corrected chi connectivity index (χ2v) is 7.10. The molecule has 27 heavy (non-hydrogen) atoms. The molecule has 2 aromatic carbocycles. The lowest BCUT2D eigenvalue weighted by molar-refractivity contribution is -0.134. The van der Waals surface area contributed by atoms with E-state index in [9.17, 15) is 14.4 Å². The number of hydrogen-bond donors (Lipinski definition) is 1. The molecule has 1 aliphatic heterocycles. The highest BCUT2D eigenvalue weighted by atomic mass is 32.2. The van der Waals surface area contributed by atoms with Gasteiger partial charge in [-0.3, -0.25) is 19.7 Å². The Kier molecular flexibility index (Phi) is 6.44. The minimum atomic E-state index is -0.393. The van der Waals surface area contributed by atoms with Crippen LogP contribution in [0.1, 0.15) is 30.4 Å². The average molecular weight is 381 g/mol. The van der Waals surface area contributed by atoms with Gasteiger partial charge in [0.15, 0.2) is 0 Å². The van der Waals surface area contributed by atoms with Gasteiger partial charge in [0.2, 0.25) is 0 Å². The number of ether oxygens (including phenoxy) is 1. The molecule has 0 unspecified atom stereocenters. The van der Waals surface area contributed by atoms with Gasteiger partial charge in [-0.1, -0.05) is 42.5 Å². The highest BCUT2D eigenvalue weighted by molar-refractivity contribution is 8.18. The molecule has 1 fully saturated rings. The number of hydrogen-bond acceptors (Lipinski definition) is 5. The lowest BCUT2D eigenvalue weighted by Gasteiger charge is -2.05. The Morgan fingerprint density at radius 3 is 2.41 bits per heavy atom. The Hall–Kier alpha value is -2.86. The number of unbranched alkanes of at least 4 members (excludes halogenated alkanes) is 1. The first-order valence-corrected chi connectivity index (χ1v) is 9.51. The summed E-state index contributed by atoms with van der Waals surface area (Å²) in [6, 6.07) is 17.0. The van der Waals surface area contributed by atoms with Crippen molar-refractivity contribution in [3.05, 3.63) is 70.6 Å². The van der Waals surface area contributed by atoms with Crippen LogP contribution < -0.4 is 10.1 Å². The third-order valence-electron chi connectivity index (χ3n) is 3.99. The summed E-state index contributed by atoms with van der Waals surface area (Å²) in [6.45, 7) is 0. The summed E-state index contributed by atoms with van der Waals surface area (Å²) in [6.07, 6.45) is 4.66. The zero-order valence-corrected chi connectivity index (χ0v) is 15.5. The monoisotopic (exact) mass is 381 g/mol. The minimum Gasteiger partial charge on any atom is -0.427 e. The molecule has 138 valence electrons. The molecule has 2 aromatic rings. The topological polar surface area (TPSA) is 72.5 Å². The molecule has 5 nitrogen and oxygen atoms in total. The van der Waals surface area contributed by atoms with E-state index in [1.807, 2.05) is 18.2 Å². The van der Waals surface area contributed by atoms with Crippen molar-refractivity contribution in [2.75, 3.05) is 0 Å². The standard InChI is InChI=1S/C21H19NO4S/c23-19(9-5-4-8-15-6-2-1-3-7-15)26-17-12-10-16(11-13-17)14-18-20(24)22-21(25)27-18/h1-3,6-7,10-14H,4-5,8-9H2,(H,22,24,25). The van der Waals surface area contributed by atoms with E-state index >= 15 is 0 Å². The van der Waals surface area contributed by atoms with Gasteiger partial charge < -0.3 is 4.74 Å². The van der Waals surface area contributed by atoms with E-state index in [0.29, 0.717) is 17.1 Å². The zero-order chi connectivity index (χ0) is 19.1. The molecule has 6 heteroatoms. The molecule has 0 spiro atoms. The molecule has 0 atom stereocenters. The number of benzene rings is 2. The summed E-state index contributed by atoms with van der Waals surface area (Å²) in [5, 5.41) is 1.84. The summed E-state index contributed by atoms with van der Waals surface area (Å²) in [5.41, 5.74) is 2.02. The van der Waals surface area contributed by atoms with Gasteiger partial charge >= 0.3 is 5.97 Å². The lowest BCUT2D eigenvalue weighted by Crippen LogP contribution is -2.17. The molecule has 3 rings (SSSR count). The number of thioether (sulfide) groups is 1. The second kappa shape index (κ2) is 9.19. The molecule has 0 aliphatic carbocycles. The Bertz CT molecular complexity index is 860. The summed E-state index contributed by atoms with van der Waals surface area (Å²) >= 11 is 0.869. The number of carbonyl (C=O) groups excluding carboxylic acids is 3. The van der Waals surface area contributed by atoms with Crippen LogP contribution in [0.2, 0.25) is 0 Å². The minimum absolute atomic E-state index is 0.259. The largest absolute Gasteiger partial charge is 0.427 e. The van der Waals surface area contributed by atoms with Crippen LogP contribution in [0.5, 0.6) is 5.75 Å². The smallest absolute Gasteiger partial charge is 0.311 e. The van der Waals surface area contributed by atoms with Crippen molar-refractivity contribution in [1.29, 1.82) is 0 Å². The predicted octanol–water partition coefficient (Wildman–Crippen LogP) is 4.33. The second-order valence-electron chi connectivity index (χ2n) is 6.09. The third-order valence-corrected chi connectivity index (χ3v) is 4.80. The molecule has 2 amide bonds.